The van der Waals surface area contributed by atoms with Crippen LogP contribution in [0.15, 0.2) is 24.3 Å². The van der Waals surface area contributed by atoms with Gasteiger partial charge in [-0.2, -0.15) is 0 Å². The minimum atomic E-state index is -0.270. The number of rotatable bonds is 3. The summed E-state index contributed by atoms with van der Waals surface area (Å²) in [6.45, 7) is 3.24. The van der Waals surface area contributed by atoms with Gasteiger partial charge < -0.3 is 10.6 Å². The van der Waals surface area contributed by atoms with Crippen LogP contribution < -0.4 is 5.73 Å². The molecule has 2 atom stereocenters. The molecule has 98 valence electrons. The van der Waals surface area contributed by atoms with Gasteiger partial charge in [0.05, 0.1) is 0 Å². The summed E-state index contributed by atoms with van der Waals surface area (Å²) in [7, 11) is 0. The number of carbonyl (C=O) groups excluding carboxylic acids is 1. The number of benzene rings is 1. The van der Waals surface area contributed by atoms with E-state index in [1.165, 1.54) is 12.1 Å². The van der Waals surface area contributed by atoms with Crippen LogP contribution in [-0.2, 0) is 4.79 Å². The second kappa shape index (κ2) is 5.48. The standard InChI is InChI=1S/C14H19FN2O/c1-10-3-2-8-17(14(10)18)9-13(16)11-4-6-12(15)7-5-11/h4-7,10,13H,2-3,8-9,16H2,1H3. The van der Waals surface area contributed by atoms with Crippen molar-refractivity contribution in [2.24, 2.45) is 11.7 Å². The Kier molecular flexibility index (Phi) is 3.97. The summed E-state index contributed by atoms with van der Waals surface area (Å²) in [5.41, 5.74) is 6.93. The molecule has 1 aliphatic rings. The Hall–Kier alpha value is -1.42. The van der Waals surface area contributed by atoms with Crippen molar-refractivity contribution < 1.29 is 9.18 Å². The van der Waals surface area contributed by atoms with Gasteiger partial charge in [-0.1, -0.05) is 19.1 Å². The molecule has 0 spiro atoms. The molecule has 3 nitrogen and oxygen atoms in total. The third kappa shape index (κ3) is 2.88. The van der Waals surface area contributed by atoms with Crippen LogP contribution in [0.4, 0.5) is 4.39 Å². The molecule has 1 aromatic carbocycles. The van der Waals surface area contributed by atoms with Gasteiger partial charge >= 0.3 is 0 Å². The zero-order valence-corrected chi connectivity index (χ0v) is 10.6. The second-order valence-corrected chi connectivity index (χ2v) is 4.99. The summed E-state index contributed by atoms with van der Waals surface area (Å²) in [4.78, 5) is 13.8. The van der Waals surface area contributed by atoms with Crippen molar-refractivity contribution in [2.75, 3.05) is 13.1 Å². The van der Waals surface area contributed by atoms with Crippen molar-refractivity contribution in [3.05, 3.63) is 35.6 Å². The molecule has 2 unspecified atom stereocenters. The molecule has 0 aromatic heterocycles. The van der Waals surface area contributed by atoms with Gasteiger partial charge in [-0.25, -0.2) is 4.39 Å². The highest BCUT2D eigenvalue weighted by Gasteiger charge is 2.26. The third-order valence-electron chi connectivity index (χ3n) is 3.51. The number of likely N-dealkylation sites (tertiary alicyclic amines) is 1. The second-order valence-electron chi connectivity index (χ2n) is 4.99. The highest BCUT2D eigenvalue weighted by atomic mass is 19.1. The van der Waals surface area contributed by atoms with Crippen LogP contribution in [0.2, 0.25) is 0 Å². The molecule has 1 saturated heterocycles. The molecule has 2 N–H and O–H groups in total. The predicted octanol–water partition coefficient (Wildman–Crippen LogP) is 2.08. The number of nitrogens with zero attached hydrogens (tertiary/aromatic N) is 1. The molecule has 4 heteroatoms. The predicted molar refractivity (Wildman–Crippen MR) is 68.3 cm³/mol. The first kappa shape index (κ1) is 13.0. The van der Waals surface area contributed by atoms with Crippen molar-refractivity contribution in [1.29, 1.82) is 0 Å². The number of amides is 1. The maximum atomic E-state index is 12.8. The molecular formula is C14H19FN2O. The van der Waals surface area contributed by atoms with Gasteiger partial charge in [0.1, 0.15) is 5.82 Å². The Balaban J connectivity index is 2.00. The Morgan fingerprint density at radius 1 is 1.44 bits per heavy atom. The quantitative estimate of drug-likeness (QED) is 0.892. The summed E-state index contributed by atoms with van der Waals surface area (Å²) in [6, 6.07) is 5.90. The highest BCUT2D eigenvalue weighted by molar-refractivity contribution is 5.79. The summed E-state index contributed by atoms with van der Waals surface area (Å²) in [5.74, 6) is 0.00611. The fraction of sp³-hybridized carbons (Fsp3) is 0.500. The molecule has 0 bridgehead atoms. The van der Waals surface area contributed by atoms with Crippen LogP contribution in [-0.4, -0.2) is 23.9 Å². The van der Waals surface area contributed by atoms with Crippen molar-refractivity contribution in [3.8, 4) is 0 Å². The third-order valence-corrected chi connectivity index (χ3v) is 3.51. The highest BCUT2D eigenvalue weighted by Crippen LogP contribution is 2.20. The minimum absolute atomic E-state index is 0.0965. The van der Waals surface area contributed by atoms with E-state index in [0.717, 1.165) is 24.9 Å². The van der Waals surface area contributed by atoms with Crippen LogP contribution in [0.25, 0.3) is 0 Å². The average Bonchev–Trinajstić information content (AvgIpc) is 2.36. The van der Waals surface area contributed by atoms with Gasteiger partial charge in [-0.15, -0.1) is 0 Å². The summed E-state index contributed by atoms with van der Waals surface area (Å²) in [6.07, 6.45) is 1.99. The number of hydrogen-bond donors (Lipinski definition) is 1. The van der Waals surface area contributed by atoms with E-state index in [-0.39, 0.29) is 23.7 Å². The molecule has 1 heterocycles. The molecular weight excluding hydrogens is 231 g/mol. The Bertz CT molecular complexity index is 418. The van der Waals surface area contributed by atoms with E-state index in [0.29, 0.717) is 6.54 Å². The first-order valence-corrected chi connectivity index (χ1v) is 6.38. The zero-order valence-electron chi connectivity index (χ0n) is 10.6. The molecule has 0 radical (unpaired) electrons. The summed E-state index contributed by atoms with van der Waals surface area (Å²) < 4.78 is 12.8. The number of piperidine rings is 1. The fourth-order valence-electron chi connectivity index (χ4n) is 2.37. The SMILES string of the molecule is CC1CCCN(CC(N)c2ccc(F)cc2)C1=O. The van der Waals surface area contributed by atoms with Crippen molar-refractivity contribution >= 4 is 5.91 Å². The number of halogens is 1. The number of carbonyl (C=O) groups is 1. The monoisotopic (exact) mass is 250 g/mol. The lowest BCUT2D eigenvalue weighted by Gasteiger charge is -2.32. The van der Waals surface area contributed by atoms with E-state index >= 15 is 0 Å². The molecule has 1 fully saturated rings. The van der Waals surface area contributed by atoms with E-state index in [1.807, 2.05) is 11.8 Å². The lowest BCUT2D eigenvalue weighted by Crippen LogP contribution is -2.43. The van der Waals surface area contributed by atoms with Gasteiger partial charge in [0.2, 0.25) is 5.91 Å². The Morgan fingerprint density at radius 2 is 2.11 bits per heavy atom. The molecule has 1 amide bonds. The van der Waals surface area contributed by atoms with E-state index in [4.69, 9.17) is 5.73 Å². The number of hydrogen-bond acceptors (Lipinski definition) is 2. The fourth-order valence-corrected chi connectivity index (χ4v) is 2.37. The first-order valence-electron chi connectivity index (χ1n) is 6.38. The molecule has 0 aliphatic carbocycles. The van der Waals surface area contributed by atoms with Crippen LogP contribution in [0, 0.1) is 11.7 Å². The summed E-state index contributed by atoms with van der Waals surface area (Å²) in [5, 5.41) is 0. The van der Waals surface area contributed by atoms with Gasteiger partial charge in [-0.05, 0) is 30.5 Å². The normalized spacial score (nSPS) is 22.1. The zero-order chi connectivity index (χ0) is 13.1. The minimum Gasteiger partial charge on any atom is -0.341 e. The average molecular weight is 250 g/mol. The number of nitrogens with two attached hydrogens (primary N) is 1. The lowest BCUT2D eigenvalue weighted by atomic mass is 9.98. The van der Waals surface area contributed by atoms with Crippen molar-refractivity contribution in [2.45, 2.75) is 25.8 Å². The van der Waals surface area contributed by atoms with Gasteiger partial charge in [0, 0.05) is 25.0 Å². The topological polar surface area (TPSA) is 46.3 Å². The van der Waals surface area contributed by atoms with E-state index in [9.17, 15) is 9.18 Å². The van der Waals surface area contributed by atoms with Crippen molar-refractivity contribution in [1.82, 2.24) is 4.90 Å². The van der Waals surface area contributed by atoms with Crippen LogP contribution in [0.3, 0.4) is 0 Å². The van der Waals surface area contributed by atoms with Crippen LogP contribution in [0.1, 0.15) is 31.4 Å². The van der Waals surface area contributed by atoms with Gasteiger partial charge in [-0.3, -0.25) is 4.79 Å². The summed E-state index contributed by atoms with van der Waals surface area (Å²) >= 11 is 0. The van der Waals surface area contributed by atoms with E-state index < -0.39 is 0 Å². The maximum Gasteiger partial charge on any atom is 0.225 e. The maximum absolute atomic E-state index is 12.8. The van der Waals surface area contributed by atoms with E-state index in [1.54, 1.807) is 12.1 Å². The lowest BCUT2D eigenvalue weighted by molar-refractivity contribution is -0.138. The molecule has 1 aromatic rings. The largest absolute Gasteiger partial charge is 0.341 e. The Labute approximate surface area is 107 Å². The Morgan fingerprint density at radius 3 is 2.78 bits per heavy atom. The van der Waals surface area contributed by atoms with Gasteiger partial charge in [0.15, 0.2) is 0 Å². The molecule has 18 heavy (non-hydrogen) atoms. The van der Waals surface area contributed by atoms with Crippen molar-refractivity contribution in [3.63, 3.8) is 0 Å². The van der Waals surface area contributed by atoms with Crippen LogP contribution >= 0.6 is 0 Å². The molecule has 1 aliphatic heterocycles. The molecule has 0 saturated carbocycles. The smallest absolute Gasteiger partial charge is 0.225 e. The van der Waals surface area contributed by atoms with Crippen LogP contribution in [0.5, 0.6) is 0 Å². The van der Waals surface area contributed by atoms with E-state index in [2.05, 4.69) is 0 Å². The molecule has 2 rings (SSSR count). The first-order chi connectivity index (χ1) is 8.58. The van der Waals surface area contributed by atoms with Gasteiger partial charge in [0.25, 0.3) is 0 Å².